The van der Waals surface area contributed by atoms with E-state index in [9.17, 15) is 9.90 Å². The lowest BCUT2D eigenvalue weighted by atomic mass is 10.1. The van der Waals surface area contributed by atoms with Gasteiger partial charge in [-0.15, -0.1) is 0 Å². The van der Waals surface area contributed by atoms with E-state index in [-0.39, 0.29) is 11.7 Å². The maximum atomic E-state index is 12.2. The SMILES string of the molecule is O=C(Cc1ccc(O)cc1)N1C[C@@H]2CCN[C@@H]2C1. The van der Waals surface area contributed by atoms with Gasteiger partial charge in [0.05, 0.1) is 6.42 Å². The number of carbonyl (C=O) groups is 1. The first-order chi connectivity index (χ1) is 8.72. The second kappa shape index (κ2) is 4.61. The van der Waals surface area contributed by atoms with Crippen LogP contribution < -0.4 is 5.32 Å². The quantitative estimate of drug-likeness (QED) is 0.810. The van der Waals surface area contributed by atoms with Crippen molar-refractivity contribution in [2.45, 2.75) is 18.9 Å². The lowest BCUT2D eigenvalue weighted by Crippen LogP contribution is -2.34. The summed E-state index contributed by atoms with van der Waals surface area (Å²) in [7, 11) is 0. The lowest BCUT2D eigenvalue weighted by Gasteiger charge is -2.17. The van der Waals surface area contributed by atoms with Gasteiger partial charge in [-0.2, -0.15) is 0 Å². The second-order valence-electron chi connectivity index (χ2n) is 5.25. The first kappa shape index (κ1) is 11.5. The van der Waals surface area contributed by atoms with Gasteiger partial charge in [-0.1, -0.05) is 12.1 Å². The number of likely N-dealkylation sites (tertiary alicyclic amines) is 1. The van der Waals surface area contributed by atoms with Crippen molar-refractivity contribution >= 4 is 5.91 Å². The molecular weight excluding hydrogens is 228 g/mol. The molecule has 0 aromatic heterocycles. The highest BCUT2D eigenvalue weighted by Gasteiger charge is 2.37. The highest BCUT2D eigenvalue weighted by Crippen LogP contribution is 2.25. The summed E-state index contributed by atoms with van der Waals surface area (Å²) in [5.74, 6) is 1.08. The second-order valence-corrected chi connectivity index (χ2v) is 5.25. The fraction of sp³-hybridized carbons (Fsp3) is 0.500. The Balaban J connectivity index is 1.60. The van der Waals surface area contributed by atoms with Crippen LogP contribution in [-0.2, 0) is 11.2 Å². The molecule has 0 spiro atoms. The molecule has 1 aromatic carbocycles. The van der Waals surface area contributed by atoms with E-state index in [1.165, 1.54) is 6.42 Å². The van der Waals surface area contributed by atoms with E-state index in [0.29, 0.717) is 18.4 Å². The predicted octanol–water partition coefficient (Wildman–Crippen LogP) is 0.755. The number of fused-ring (bicyclic) bond motifs is 1. The van der Waals surface area contributed by atoms with Gasteiger partial charge in [0.15, 0.2) is 0 Å². The number of carbonyl (C=O) groups excluding carboxylic acids is 1. The van der Waals surface area contributed by atoms with E-state index in [4.69, 9.17) is 0 Å². The number of phenolic OH excluding ortho intramolecular Hbond substituents is 1. The summed E-state index contributed by atoms with van der Waals surface area (Å²) in [6.45, 7) is 2.84. The molecule has 2 fully saturated rings. The molecule has 2 atom stereocenters. The number of hydrogen-bond donors (Lipinski definition) is 2. The number of benzene rings is 1. The van der Waals surface area contributed by atoms with E-state index in [2.05, 4.69) is 5.32 Å². The van der Waals surface area contributed by atoms with Crippen LogP contribution in [0.2, 0.25) is 0 Å². The normalized spacial score (nSPS) is 26.3. The van der Waals surface area contributed by atoms with Crippen LogP contribution in [0, 0.1) is 5.92 Å². The van der Waals surface area contributed by atoms with Crippen LogP contribution in [0.4, 0.5) is 0 Å². The highest BCUT2D eigenvalue weighted by atomic mass is 16.3. The van der Waals surface area contributed by atoms with Gasteiger partial charge in [-0.3, -0.25) is 4.79 Å². The summed E-state index contributed by atoms with van der Waals surface area (Å²) in [5, 5.41) is 12.7. The average Bonchev–Trinajstić information content (AvgIpc) is 2.92. The van der Waals surface area contributed by atoms with Crippen molar-refractivity contribution in [2.75, 3.05) is 19.6 Å². The Labute approximate surface area is 107 Å². The van der Waals surface area contributed by atoms with Crippen molar-refractivity contribution in [2.24, 2.45) is 5.92 Å². The van der Waals surface area contributed by atoms with E-state index < -0.39 is 0 Å². The summed E-state index contributed by atoms with van der Waals surface area (Å²) in [6, 6.07) is 7.38. The number of phenols is 1. The van der Waals surface area contributed by atoms with Gasteiger partial charge in [0.25, 0.3) is 0 Å². The highest BCUT2D eigenvalue weighted by molar-refractivity contribution is 5.79. The van der Waals surface area contributed by atoms with Gasteiger partial charge in [-0.25, -0.2) is 0 Å². The van der Waals surface area contributed by atoms with Crippen molar-refractivity contribution in [3.63, 3.8) is 0 Å². The molecule has 2 aliphatic rings. The molecule has 4 heteroatoms. The van der Waals surface area contributed by atoms with Crippen molar-refractivity contribution < 1.29 is 9.90 Å². The Morgan fingerprint density at radius 3 is 2.83 bits per heavy atom. The maximum Gasteiger partial charge on any atom is 0.227 e. The number of rotatable bonds is 2. The third-order valence-electron chi connectivity index (χ3n) is 4.01. The van der Waals surface area contributed by atoms with Crippen molar-refractivity contribution in [3.05, 3.63) is 29.8 Å². The minimum absolute atomic E-state index is 0.192. The third-order valence-corrected chi connectivity index (χ3v) is 4.01. The minimum Gasteiger partial charge on any atom is -0.508 e. The molecule has 2 saturated heterocycles. The number of amides is 1. The molecule has 2 aliphatic heterocycles. The molecule has 0 saturated carbocycles. The Kier molecular flexibility index (Phi) is 2.96. The summed E-state index contributed by atoms with van der Waals surface area (Å²) >= 11 is 0. The van der Waals surface area contributed by atoms with Gasteiger partial charge in [0.2, 0.25) is 5.91 Å². The van der Waals surface area contributed by atoms with E-state index in [1.54, 1.807) is 12.1 Å². The van der Waals surface area contributed by atoms with Crippen molar-refractivity contribution in [1.82, 2.24) is 10.2 Å². The van der Waals surface area contributed by atoms with Gasteiger partial charge >= 0.3 is 0 Å². The molecule has 2 N–H and O–H groups in total. The molecular formula is C14H18N2O2. The molecule has 3 rings (SSSR count). The number of nitrogens with zero attached hydrogens (tertiary/aromatic N) is 1. The van der Waals surface area contributed by atoms with Gasteiger partial charge < -0.3 is 15.3 Å². The number of hydrogen-bond acceptors (Lipinski definition) is 3. The Morgan fingerprint density at radius 2 is 2.11 bits per heavy atom. The number of nitrogens with one attached hydrogen (secondary N) is 1. The van der Waals surface area contributed by atoms with Gasteiger partial charge in [0.1, 0.15) is 5.75 Å². The van der Waals surface area contributed by atoms with E-state index >= 15 is 0 Å². The van der Waals surface area contributed by atoms with Crippen LogP contribution in [0.25, 0.3) is 0 Å². The average molecular weight is 246 g/mol. The Hall–Kier alpha value is -1.55. The molecule has 1 amide bonds. The fourth-order valence-corrected chi connectivity index (χ4v) is 2.95. The Morgan fingerprint density at radius 1 is 1.33 bits per heavy atom. The van der Waals surface area contributed by atoms with Crippen molar-refractivity contribution in [1.29, 1.82) is 0 Å². The van der Waals surface area contributed by atoms with Gasteiger partial charge in [0, 0.05) is 19.1 Å². The fourth-order valence-electron chi connectivity index (χ4n) is 2.95. The molecule has 0 radical (unpaired) electrons. The summed E-state index contributed by atoms with van der Waals surface area (Å²) in [6.07, 6.45) is 1.62. The maximum absolute atomic E-state index is 12.2. The molecule has 0 unspecified atom stereocenters. The molecule has 1 aromatic rings. The largest absolute Gasteiger partial charge is 0.508 e. The zero-order valence-electron chi connectivity index (χ0n) is 10.3. The summed E-state index contributed by atoms with van der Waals surface area (Å²) in [4.78, 5) is 14.1. The van der Waals surface area contributed by atoms with Crippen LogP contribution >= 0.6 is 0 Å². The minimum atomic E-state index is 0.192. The first-order valence-electron chi connectivity index (χ1n) is 6.51. The smallest absolute Gasteiger partial charge is 0.227 e. The first-order valence-corrected chi connectivity index (χ1v) is 6.51. The zero-order valence-corrected chi connectivity index (χ0v) is 10.3. The predicted molar refractivity (Wildman–Crippen MR) is 68.3 cm³/mol. The molecule has 96 valence electrons. The lowest BCUT2D eigenvalue weighted by molar-refractivity contribution is -0.129. The van der Waals surface area contributed by atoms with E-state index in [0.717, 1.165) is 25.2 Å². The molecule has 18 heavy (non-hydrogen) atoms. The zero-order chi connectivity index (χ0) is 12.5. The third kappa shape index (κ3) is 2.20. The summed E-state index contributed by atoms with van der Waals surface area (Å²) in [5.41, 5.74) is 0.961. The molecule has 4 nitrogen and oxygen atoms in total. The monoisotopic (exact) mass is 246 g/mol. The standard InChI is InChI=1S/C14H18N2O2/c17-12-3-1-10(2-4-12)7-14(18)16-8-11-5-6-15-13(11)9-16/h1-4,11,13,15,17H,5-9H2/t11-,13+/m0/s1. The molecule has 0 bridgehead atoms. The van der Waals surface area contributed by atoms with Crippen LogP contribution in [-0.4, -0.2) is 41.6 Å². The van der Waals surface area contributed by atoms with E-state index in [1.807, 2.05) is 17.0 Å². The summed E-state index contributed by atoms with van der Waals surface area (Å²) < 4.78 is 0. The van der Waals surface area contributed by atoms with Crippen molar-refractivity contribution in [3.8, 4) is 5.75 Å². The van der Waals surface area contributed by atoms with Crippen LogP contribution in [0.1, 0.15) is 12.0 Å². The topological polar surface area (TPSA) is 52.6 Å². The van der Waals surface area contributed by atoms with Gasteiger partial charge in [-0.05, 0) is 36.6 Å². The molecule has 0 aliphatic carbocycles. The molecule has 2 heterocycles. The number of aromatic hydroxyl groups is 1. The van der Waals surface area contributed by atoms with Crippen LogP contribution in [0.5, 0.6) is 5.75 Å². The van der Waals surface area contributed by atoms with Crippen LogP contribution in [0.3, 0.4) is 0 Å². The Bertz CT molecular complexity index is 432. The van der Waals surface area contributed by atoms with Crippen LogP contribution in [0.15, 0.2) is 24.3 Å².